The van der Waals surface area contributed by atoms with Gasteiger partial charge in [-0.25, -0.2) is 4.98 Å². The molecule has 0 aliphatic rings. The molecule has 4 heterocycles. The van der Waals surface area contributed by atoms with Gasteiger partial charge in [0.2, 0.25) is 5.71 Å². The Morgan fingerprint density at radius 3 is 2.13 bits per heavy atom. The van der Waals surface area contributed by atoms with Crippen LogP contribution in [0.2, 0.25) is 19.6 Å². The fraction of sp³-hybridized carbons (Fsp3) is 0.230. The monoisotopic (exact) mass is 1090 g/mol. The van der Waals surface area contributed by atoms with E-state index in [0.717, 1.165) is 90.1 Å². The van der Waals surface area contributed by atoms with E-state index < -0.39 is 8.07 Å². The molecule has 0 atom stereocenters. The van der Waals surface area contributed by atoms with E-state index in [-0.39, 0.29) is 25.5 Å². The molecule has 0 aliphatic heterocycles. The fourth-order valence-electron chi connectivity index (χ4n) is 9.35. The van der Waals surface area contributed by atoms with E-state index in [9.17, 15) is 0 Å². The van der Waals surface area contributed by atoms with Gasteiger partial charge in [-0.1, -0.05) is 150 Å². The minimum Gasteiger partial charge on any atom is -0.486 e. The number of benzene rings is 6. The van der Waals surface area contributed by atoms with Crippen LogP contribution < -0.4 is 5.19 Å². The number of pyridine rings is 2. The Bertz CT molecular complexity index is 3390. The van der Waals surface area contributed by atoms with Crippen LogP contribution in [-0.4, -0.2) is 27.6 Å². The van der Waals surface area contributed by atoms with Gasteiger partial charge in [-0.2, -0.15) is 0 Å². The summed E-state index contributed by atoms with van der Waals surface area (Å²) in [5.41, 5.74) is 17.9. The molecule has 7 heteroatoms. The van der Waals surface area contributed by atoms with Crippen LogP contribution in [0.25, 0.3) is 83.8 Å². The van der Waals surface area contributed by atoms with Crippen molar-refractivity contribution in [2.45, 2.75) is 86.9 Å². The van der Waals surface area contributed by atoms with Gasteiger partial charge in [-0.3, -0.25) is 4.98 Å². The molecule has 0 amide bonds. The molecule has 1 radical (unpaired) electrons. The fourth-order valence-corrected chi connectivity index (χ4v) is 10.9. The normalized spacial score (nSPS) is 11.8. The summed E-state index contributed by atoms with van der Waals surface area (Å²) in [7, 11) is -1.34. The van der Waals surface area contributed by atoms with E-state index in [4.69, 9.17) is 14.4 Å². The molecular weight excluding hydrogens is 1030 g/mol. The molecule has 345 valence electrons. The summed E-state index contributed by atoms with van der Waals surface area (Å²) in [6, 6.07) is 55.6. The van der Waals surface area contributed by atoms with E-state index in [2.05, 4.69) is 218 Å². The van der Waals surface area contributed by atoms with Crippen LogP contribution in [0.4, 0.5) is 0 Å². The number of hydrogen-bond acceptors (Lipinski definition) is 4. The van der Waals surface area contributed by atoms with Crippen LogP contribution in [0, 0.1) is 38.8 Å². The topological polar surface area (TPSA) is 56.7 Å². The standard InChI is InChI=1S/C43H36N3O.C18H24NSi.Ir/c1-26-13-12-14-27(2)38(26)35-23-22-31-39-28(3)19-21-32(40(39)47-42(31)45-35)41-44-34-17-10-11-18-37(34)46(41)36-24-20-30(43(4,5)6)25-33(36)29-15-8-7-9-16-29;1-14(2)11-16-12-17(15-9-7-6-8-10-15)19-13-18(16)20(3,4)5;/h7-20,22-25H,1-6H3;6-9,12-14H,11H2,1-5H3;/q2*-1;. The summed E-state index contributed by atoms with van der Waals surface area (Å²) in [5.74, 6) is 1.45. The second-order valence-electron chi connectivity index (χ2n) is 20.4. The first-order valence-electron chi connectivity index (χ1n) is 23.5. The Morgan fingerprint density at radius 2 is 1.44 bits per heavy atom. The largest absolute Gasteiger partial charge is 0.486 e. The van der Waals surface area contributed by atoms with Gasteiger partial charge in [0, 0.05) is 48.5 Å². The van der Waals surface area contributed by atoms with Gasteiger partial charge >= 0.3 is 0 Å². The zero-order valence-electron chi connectivity index (χ0n) is 41.2. The predicted molar refractivity (Wildman–Crippen MR) is 284 cm³/mol. The molecule has 10 aromatic rings. The Balaban J connectivity index is 0.000000251. The molecule has 10 rings (SSSR count). The average molecular weight is 1090 g/mol. The minimum atomic E-state index is -1.34. The zero-order valence-corrected chi connectivity index (χ0v) is 44.6. The first kappa shape index (κ1) is 48.2. The van der Waals surface area contributed by atoms with Crippen molar-refractivity contribution < 1.29 is 24.5 Å². The van der Waals surface area contributed by atoms with Gasteiger partial charge in [0.15, 0.2) is 0 Å². The summed E-state index contributed by atoms with van der Waals surface area (Å²) >= 11 is 0. The van der Waals surface area contributed by atoms with Crippen molar-refractivity contribution in [2.24, 2.45) is 5.92 Å². The van der Waals surface area contributed by atoms with Gasteiger partial charge in [0.25, 0.3) is 0 Å². The number of aromatic nitrogens is 4. The smallest absolute Gasteiger partial charge is 0.216 e. The van der Waals surface area contributed by atoms with Crippen molar-refractivity contribution in [3.8, 4) is 50.7 Å². The SMILES string of the molecule is CC(C)Cc1cc(-c2[c-]cccc2)ncc1[Si](C)(C)C.Cc1cccc(C)c1-c1ccc2c(n1)oc1c(-c3nc4ccccc4n3-c3ccc(C(C)(C)C)cc3-c3ccccc3)[c-]cc(C)c12.[Ir]. The predicted octanol–water partition coefficient (Wildman–Crippen LogP) is 15.6. The van der Waals surface area contributed by atoms with Crippen LogP contribution >= 0.6 is 0 Å². The Labute approximate surface area is 417 Å². The molecule has 0 aliphatic carbocycles. The van der Waals surface area contributed by atoms with Crippen LogP contribution in [0.3, 0.4) is 0 Å². The van der Waals surface area contributed by atoms with Gasteiger partial charge in [0.1, 0.15) is 0 Å². The van der Waals surface area contributed by atoms with Crippen LogP contribution in [0.1, 0.15) is 62.4 Å². The molecule has 4 aromatic heterocycles. The third-order valence-corrected chi connectivity index (χ3v) is 14.8. The number of fused-ring (bicyclic) bond motifs is 4. The van der Waals surface area contributed by atoms with Crippen LogP contribution in [-0.2, 0) is 31.9 Å². The summed E-state index contributed by atoms with van der Waals surface area (Å²) in [6.45, 7) is 24.9. The molecule has 0 unspecified atom stereocenters. The third-order valence-electron chi connectivity index (χ3n) is 12.7. The molecule has 5 nitrogen and oxygen atoms in total. The first-order chi connectivity index (χ1) is 32.1. The maximum Gasteiger partial charge on any atom is 0.216 e. The molecule has 0 saturated carbocycles. The van der Waals surface area contributed by atoms with Gasteiger partial charge in [-0.05, 0) is 101 Å². The molecular formula is C61H60IrN4OSi-2. The number of rotatable bonds is 8. The molecule has 0 fully saturated rings. The molecule has 0 bridgehead atoms. The number of imidazole rings is 1. The maximum absolute atomic E-state index is 6.73. The Hall–Kier alpha value is -6.24. The second kappa shape index (κ2) is 19.4. The zero-order chi connectivity index (χ0) is 47.2. The molecule has 0 N–H and O–H groups in total. The van der Waals surface area contributed by atoms with Gasteiger partial charge < -0.3 is 14.0 Å². The number of nitrogens with zero attached hydrogens (tertiary/aromatic N) is 4. The van der Waals surface area contributed by atoms with Crippen molar-refractivity contribution in [3.05, 3.63) is 186 Å². The molecule has 0 saturated heterocycles. The van der Waals surface area contributed by atoms with Crippen LogP contribution in [0.5, 0.6) is 0 Å². The number of para-hydroxylation sites is 2. The van der Waals surface area contributed by atoms with Crippen molar-refractivity contribution in [1.29, 1.82) is 0 Å². The summed E-state index contributed by atoms with van der Waals surface area (Å²) < 4.78 is 9.00. The van der Waals surface area contributed by atoms with Crippen molar-refractivity contribution >= 4 is 46.4 Å². The summed E-state index contributed by atoms with van der Waals surface area (Å²) in [6.07, 6.45) is 3.24. The van der Waals surface area contributed by atoms with E-state index in [0.29, 0.717) is 11.6 Å². The minimum absolute atomic E-state index is 0. The van der Waals surface area contributed by atoms with Crippen molar-refractivity contribution in [3.63, 3.8) is 0 Å². The van der Waals surface area contributed by atoms with E-state index in [1.807, 2.05) is 24.3 Å². The van der Waals surface area contributed by atoms with Crippen molar-refractivity contribution in [1.82, 2.24) is 19.5 Å². The first-order valence-corrected chi connectivity index (χ1v) is 27.0. The van der Waals surface area contributed by atoms with Gasteiger partial charge in [0.05, 0.1) is 36.2 Å². The molecule has 0 spiro atoms. The summed E-state index contributed by atoms with van der Waals surface area (Å²) in [5, 5.41) is 3.52. The molecule has 68 heavy (non-hydrogen) atoms. The van der Waals surface area contributed by atoms with Crippen LogP contribution in [0.15, 0.2) is 150 Å². The number of furan rings is 1. The van der Waals surface area contributed by atoms with Gasteiger partial charge in [-0.15, -0.1) is 53.6 Å². The van der Waals surface area contributed by atoms with Crippen molar-refractivity contribution in [2.75, 3.05) is 0 Å². The quantitative estimate of drug-likeness (QED) is 0.112. The molecule has 6 aromatic carbocycles. The second-order valence-corrected chi connectivity index (χ2v) is 25.5. The van der Waals surface area contributed by atoms with E-state index in [1.165, 1.54) is 27.4 Å². The number of hydrogen-bond donors (Lipinski definition) is 0. The average Bonchev–Trinajstić information content (AvgIpc) is 3.88. The summed E-state index contributed by atoms with van der Waals surface area (Å²) in [4.78, 5) is 15.0. The third kappa shape index (κ3) is 9.58. The Morgan fingerprint density at radius 1 is 0.721 bits per heavy atom. The number of aryl methyl sites for hydroxylation is 3. The maximum atomic E-state index is 6.73. The van der Waals surface area contributed by atoms with E-state index >= 15 is 0 Å². The Kier molecular flexibility index (Phi) is 13.8. The van der Waals surface area contributed by atoms with E-state index in [1.54, 1.807) is 0 Å².